The molecule has 0 radical (unpaired) electrons. The van der Waals surface area contributed by atoms with Gasteiger partial charge in [0.2, 0.25) is 0 Å². The highest BCUT2D eigenvalue weighted by molar-refractivity contribution is 5.85. The van der Waals surface area contributed by atoms with E-state index < -0.39 is 11.0 Å². The summed E-state index contributed by atoms with van der Waals surface area (Å²) in [4.78, 5) is 16.1. The fourth-order valence-electron chi connectivity index (χ4n) is 7.21. The Bertz CT molecular complexity index is 1080. The molecule has 5 nitrogen and oxygen atoms in total. The van der Waals surface area contributed by atoms with Crippen LogP contribution in [0.4, 0.5) is 0 Å². The number of rotatable bonds is 8. The van der Waals surface area contributed by atoms with E-state index in [1.165, 1.54) is 18.4 Å². The molecule has 3 aliphatic carbocycles. The molecule has 2 aromatic rings. The van der Waals surface area contributed by atoms with Crippen LogP contribution in [0.5, 0.6) is 5.75 Å². The van der Waals surface area contributed by atoms with Gasteiger partial charge in [-0.25, -0.2) is 0 Å². The van der Waals surface area contributed by atoms with Crippen LogP contribution in [0, 0.1) is 11.8 Å². The molecule has 2 saturated carbocycles. The minimum atomic E-state index is -0.905. The van der Waals surface area contributed by atoms with Gasteiger partial charge in [0.25, 0.3) is 0 Å². The van der Waals surface area contributed by atoms with Crippen molar-refractivity contribution >= 4 is 5.78 Å². The molecule has 2 bridgehead atoms. The first-order chi connectivity index (χ1) is 17.0. The highest BCUT2D eigenvalue weighted by atomic mass is 16.5. The molecule has 35 heavy (non-hydrogen) atoms. The Morgan fingerprint density at radius 2 is 1.97 bits per heavy atom. The third kappa shape index (κ3) is 4.02. The van der Waals surface area contributed by atoms with E-state index >= 15 is 0 Å². The van der Waals surface area contributed by atoms with Crippen molar-refractivity contribution in [3.05, 3.63) is 65.2 Å². The zero-order valence-corrected chi connectivity index (χ0v) is 20.7. The number of hydrogen-bond acceptors (Lipinski definition) is 5. The molecule has 4 aliphatic rings. The van der Waals surface area contributed by atoms with Crippen LogP contribution in [0.1, 0.15) is 55.2 Å². The van der Waals surface area contributed by atoms with E-state index in [0.717, 1.165) is 48.7 Å². The molecule has 6 rings (SSSR count). The van der Waals surface area contributed by atoms with Gasteiger partial charge >= 0.3 is 0 Å². The summed E-state index contributed by atoms with van der Waals surface area (Å²) < 4.78 is 11.5. The van der Waals surface area contributed by atoms with Crippen LogP contribution in [0.2, 0.25) is 0 Å². The quantitative estimate of drug-likeness (QED) is 0.577. The highest BCUT2D eigenvalue weighted by Gasteiger charge is 2.66. The minimum absolute atomic E-state index is 0.0681. The van der Waals surface area contributed by atoms with Gasteiger partial charge in [0, 0.05) is 36.9 Å². The standard InChI is InChI=1S/C30H37NO4/c1-34-25-10-9-23-15-28-30(33)17-24(11-14-35-20-22-5-3-2-4-6-22)27(32)18-29(30,26(23)16-25)12-13-31(28)19-21-7-8-21/h2-6,9-10,16,21,24,28,33H,7-8,11-15,17-20H2,1H3. The minimum Gasteiger partial charge on any atom is -0.497 e. The van der Waals surface area contributed by atoms with E-state index in [-0.39, 0.29) is 17.7 Å². The Kier molecular flexibility index (Phi) is 5.98. The summed E-state index contributed by atoms with van der Waals surface area (Å²) in [6, 6.07) is 16.5. The van der Waals surface area contributed by atoms with E-state index in [4.69, 9.17) is 9.47 Å². The van der Waals surface area contributed by atoms with Gasteiger partial charge in [0.05, 0.1) is 19.3 Å². The van der Waals surface area contributed by atoms with E-state index in [2.05, 4.69) is 29.2 Å². The Hall–Kier alpha value is -2.21. The number of fused-ring (bicyclic) bond motifs is 1. The Morgan fingerprint density at radius 1 is 1.14 bits per heavy atom. The molecule has 2 aromatic carbocycles. The molecular formula is C30H37NO4. The first-order valence-electron chi connectivity index (χ1n) is 13.3. The maximum absolute atomic E-state index is 13.6. The van der Waals surface area contributed by atoms with Gasteiger partial charge < -0.3 is 14.6 Å². The van der Waals surface area contributed by atoms with E-state index in [0.29, 0.717) is 32.5 Å². The number of benzene rings is 2. The summed E-state index contributed by atoms with van der Waals surface area (Å²) in [5.74, 6) is 1.71. The average Bonchev–Trinajstić information content (AvgIpc) is 3.69. The lowest BCUT2D eigenvalue weighted by Crippen LogP contribution is -2.74. The number of ketones is 1. The normalized spacial score (nSPS) is 32.1. The van der Waals surface area contributed by atoms with E-state index in [1.807, 2.05) is 24.3 Å². The first-order valence-corrected chi connectivity index (χ1v) is 13.3. The number of nitrogens with zero attached hydrogens (tertiary/aromatic N) is 1. The van der Waals surface area contributed by atoms with Crippen LogP contribution >= 0.6 is 0 Å². The van der Waals surface area contributed by atoms with Gasteiger partial charge in [0.1, 0.15) is 11.5 Å². The lowest BCUT2D eigenvalue weighted by Gasteiger charge is -2.64. The molecule has 0 amide bonds. The number of piperidine rings is 1. The van der Waals surface area contributed by atoms with Crippen LogP contribution in [0.15, 0.2) is 48.5 Å². The monoisotopic (exact) mass is 475 g/mol. The largest absolute Gasteiger partial charge is 0.497 e. The van der Waals surface area contributed by atoms with Gasteiger partial charge in [-0.15, -0.1) is 0 Å². The average molecular weight is 476 g/mol. The highest BCUT2D eigenvalue weighted by Crippen LogP contribution is 2.59. The number of likely N-dealkylation sites (tertiary alicyclic amines) is 1. The fourth-order valence-corrected chi connectivity index (χ4v) is 7.21. The maximum Gasteiger partial charge on any atom is 0.137 e. The summed E-state index contributed by atoms with van der Waals surface area (Å²) in [6.07, 6.45) is 5.90. The van der Waals surface area contributed by atoms with Gasteiger partial charge in [-0.05, 0) is 79.8 Å². The number of ether oxygens (including phenoxy) is 2. The number of methoxy groups -OCH3 is 1. The number of aliphatic hydroxyl groups is 1. The van der Waals surface area contributed by atoms with Crippen LogP contribution in [0.25, 0.3) is 0 Å². The lowest BCUT2D eigenvalue weighted by molar-refractivity contribution is -0.183. The Balaban J connectivity index is 1.26. The SMILES string of the molecule is COc1ccc2c(c1)C13CCN(CC4CC4)C(C2)C1(O)CC(CCOCc1ccccc1)C(=O)C3. The zero-order valence-electron chi connectivity index (χ0n) is 20.7. The van der Waals surface area contributed by atoms with Crippen molar-refractivity contribution in [2.45, 2.75) is 68.6 Å². The van der Waals surface area contributed by atoms with E-state index in [9.17, 15) is 9.90 Å². The summed E-state index contributed by atoms with van der Waals surface area (Å²) in [5.41, 5.74) is 2.14. The molecule has 3 fully saturated rings. The summed E-state index contributed by atoms with van der Waals surface area (Å²) >= 11 is 0. The zero-order chi connectivity index (χ0) is 24.0. The third-order valence-corrected chi connectivity index (χ3v) is 9.29. The van der Waals surface area contributed by atoms with Gasteiger partial charge in [-0.2, -0.15) is 0 Å². The predicted molar refractivity (Wildman–Crippen MR) is 134 cm³/mol. The maximum atomic E-state index is 13.6. The molecule has 0 spiro atoms. The van der Waals surface area contributed by atoms with E-state index in [1.54, 1.807) is 7.11 Å². The van der Waals surface area contributed by atoms with Gasteiger partial charge in [0.15, 0.2) is 0 Å². The molecule has 1 N–H and O–H groups in total. The predicted octanol–water partition coefficient (Wildman–Crippen LogP) is 4.29. The fraction of sp³-hybridized carbons (Fsp3) is 0.567. The second kappa shape index (κ2) is 9.02. The molecule has 5 heteroatoms. The summed E-state index contributed by atoms with van der Waals surface area (Å²) in [6.45, 7) is 3.13. The molecule has 4 atom stereocenters. The first kappa shape index (κ1) is 23.2. The lowest BCUT2D eigenvalue weighted by atomic mass is 9.47. The number of Topliss-reactive ketones (excluding diaryl/α,β-unsaturated/α-hetero) is 1. The van der Waals surface area contributed by atoms with Crippen LogP contribution in [0.3, 0.4) is 0 Å². The number of carbonyl (C=O) groups excluding carboxylic acids is 1. The van der Waals surface area contributed by atoms with Crippen molar-refractivity contribution in [3.8, 4) is 5.75 Å². The number of hydrogen-bond donors (Lipinski definition) is 1. The van der Waals surface area contributed by atoms with Crippen LogP contribution < -0.4 is 4.74 Å². The molecule has 1 aliphatic heterocycles. The summed E-state index contributed by atoms with van der Waals surface area (Å²) in [5, 5.41) is 12.6. The van der Waals surface area contributed by atoms with Crippen molar-refractivity contribution in [1.29, 1.82) is 0 Å². The van der Waals surface area contributed by atoms with Gasteiger partial charge in [-0.1, -0.05) is 36.4 Å². The van der Waals surface area contributed by atoms with Crippen LogP contribution in [-0.2, 0) is 28.0 Å². The van der Waals surface area contributed by atoms with Crippen LogP contribution in [-0.4, -0.2) is 54.2 Å². The van der Waals surface area contributed by atoms with Crippen molar-refractivity contribution in [1.82, 2.24) is 4.90 Å². The topological polar surface area (TPSA) is 59.0 Å². The Labute approximate surface area is 208 Å². The smallest absolute Gasteiger partial charge is 0.137 e. The van der Waals surface area contributed by atoms with Gasteiger partial charge in [-0.3, -0.25) is 9.69 Å². The molecule has 186 valence electrons. The van der Waals surface area contributed by atoms with Crippen molar-refractivity contribution in [2.24, 2.45) is 11.8 Å². The molecular weight excluding hydrogens is 438 g/mol. The summed E-state index contributed by atoms with van der Waals surface area (Å²) in [7, 11) is 1.69. The van der Waals surface area contributed by atoms with Crippen molar-refractivity contribution < 1.29 is 19.4 Å². The van der Waals surface area contributed by atoms with Crippen molar-refractivity contribution in [2.75, 3.05) is 26.8 Å². The second-order valence-electron chi connectivity index (χ2n) is 11.3. The third-order valence-electron chi connectivity index (χ3n) is 9.29. The van der Waals surface area contributed by atoms with Crippen molar-refractivity contribution in [3.63, 3.8) is 0 Å². The molecule has 0 aromatic heterocycles. The Morgan fingerprint density at radius 3 is 2.74 bits per heavy atom. The molecule has 1 saturated heterocycles. The molecule has 4 unspecified atom stereocenters. The number of carbonyl (C=O) groups is 1. The second-order valence-corrected chi connectivity index (χ2v) is 11.3. The molecule has 1 heterocycles.